The minimum atomic E-state index is -4.68. The molecule has 1 atom stereocenters. The van der Waals surface area contributed by atoms with Crippen molar-refractivity contribution in [1.29, 1.82) is 0 Å². The second-order valence-corrected chi connectivity index (χ2v) is 5.24. The second kappa shape index (κ2) is 7.56. The van der Waals surface area contributed by atoms with Gasteiger partial charge in [0.25, 0.3) is 5.91 Å². The van der Waals surface area contributed by atoms with E-state index >= 15 is 0 Å². The number of rotatable bonds is 3. The Labute approximate surface area is 136 Å². The maximum absolute atomic E-state index is 12.3. The number of amides is 1. The fourth-order valence-electron chi connectivity index (χ4n) is 2.31. The van der Waals surface area contributed by atoms with E-state index in [9.17, 15) is 18.0 Å². The molecule has 1 fully saturated rings. The molecule has 1 saturated heterocycles. The predicted molar refractivity (Wildman–Crippen MR) is 79.6 cm³/mol. The van der Waals surface area contributed by atoms with Crippen molar-refractivity contribution < 1.29 is 27.5 Å². The van der Waals surface area contributed by atoms with Crippen LogP contribution in [0.2, 0.25) is 0 Å². The first-order chi connectivity index (χ1) is 11.3. The molecule has 24 heavy (non-hydrogen) atoms. The molecule has 0 aliphatic carbocycles. The number of alkyl halides is 3. The van der Waals surface area contributed by atoms with Gasteiger partial charge in [-0.2, -0.15) is 13.2 Å². The van der Waals surface area contributed by atoms with Crippen LogP contribution in [0.4, 0.5) is 13.2 Å². The minimum Gasteiger partial charge on any atom is -0.459 e. The first-order valence-corrected chi connectivity index (χ1v) is 7.36. The Bertz CT molecular complexity index is 566. The number of aliphatic imine (C=N–C) groups is 1. The molecule has 1 aromatic rings. The van der Waals surface area contributed by atoms with Crippen LogP contribution in [0.25, 0.3) is 0 Å². The largest absolute Gasteiger partial charge is 0.459 e. The van der Waals surface area contributed by atoms with Gasteiger partial charge in [0.05, 0.1) is 12.8 Å². The first-order valence-electron chi connectivity index (χ1n) is 7.36. The predicted octanol–water partition coefficient (Wildman–Crippen LogP) is 0.536. The van der Waals surface area contributed by atoms with E-state index in [1.165, 1.54) is 13.3 Å². The third kappa shape index (κ3) is 4.40. The smallest absolute Gasteiger partial charge is 0.416 e. The minimum absolute atomic E-state index is 0.227. The van der Waals surface area contributed by atoms with Crippen molar-refractivity contribution in [3.63, 3.8) is 0 Å². The van der Waals surface area contributed by atoms with Crippen molar-refractivity contribution in [3.8, 4) is 0 Å². The molecule has 0 bridgehead atoms. The van der Waals surface area contributed by atoms with E-state index in [4.69, 9.17) is 9.52 Å². The Morgan fingerprint density at radius 2 is 2.00 bits per heavy atom. The van der Waals surface area contributed by atoms with Crippen molar-refractivity contribution in [2.24, 2.45) is 4.99 Å². The molecular weight excluding hydrogens is 329 g/mol. The maximum atomic E-state index is 12.3. The summed E-state index contributed by atoms with van der Waals surface area (Å²) in [4.78, 5) is 19.4. The van der Waals surface area contributed by atoms with E-state index in [1.807, 2.05) is 0 Å². The van der Waals surface area contributed by atoms with Crippen molar-refractivity contribution in [1.82, 2.24) is 15.1 Å². The van der Waals surface area contributed by atoms with Crippen molar-refractivity contribution in [3.05, 3.63) is 24.2 Å². The van der Waals surface area contributed by atoms with E-state index in [1.54, 1.807) is 21.9 Å². The van der Waals surface area contributed by atoms with Gasteiger partial charge in [0.2, 0.25) is 0 Å². The number of guanidine groups is 1. The molecule has 0 aromatic carbocycles. The average Bonchev–Trinajstić information content (AvgIpc) is 3.08. The summed E-state index contributed by atoms with van der Waals surface area (Å²) in [7, 11) is 1.45. The molecule has 1 amide bonds. The summed E-state index contributed by atoms with van der Waals surface area (Å²) in [5.41, 5.74) is 0. The molecule has 1 aliphatic rings. The zero-order chi connectivity index (χ0) is 17.7. The summed E-state index contributed by atoms with van der Waals surface area (Å²) in [6.45, 7) is 0.925. The number of nitrogens with one attached hydrogen (secondary N) is 1. The summed E-state index contributed by atoms with van der Waals surface area (Å²) < 4.78 is 42.0. The van der Waals surface area contributed by atoms with Crippen molar-refractivity contribution in [2.45, 2.75) is 12.3 Å². The van der Waals surface area contributed by atoms with Crippen LogP contribution in [0.15, 0.2) is 27.8 Å². The molecule has 1 unspecified atom stereocenters. The fourth-order valence-corrected chi connectivity index (χ4v) is 2.31. The van der Waals surface area contributed by atoms with Gasteiger partial charge in [-0.05, 0) is 12.1 Å². The number of halogens is 3. The number of aliphatic hydroxyl groups excluding tert-OH is 1. The molecular formula is C14H19F3N4O3. The molecule has 2 rings (SSSR count). The number of aliphatic hydroxyl groups is 1. The number of hydrogen-bond acceptors (Lipinski definition) is 4. The summed E-state index contributed by atoms with van der Waals surface area (Å²) in [6, 6.07) is 3.20. The van der Waals surface area contributed by atoms with Crippen LogP contribution in [-0.2, 0) is 0 Å². The van der Waals surface area contributed by atoms with Gasteiger partial charge in [-0.25, -0.2) is 0 Å². The molecule has 0 saturated carbocycles. The Morgan fingerprint density at radius 1 is 1.38 bits per heavy atom. The van der Waals surface area contributed by atoms with Crippen molar-refractivity contribution >= 4 is 11.9 Å². The molecule has 1 aliphatic heterocycles. The quantitative estimate of drug-likeness (QED) is 0.615. The van der Waals surface area contributed by atoms with Gasteiger partial charge in [0.1, 0.15) is 0 Å². The Hall–Kier alpha value is -2.23. The van der Waals surface area contributed by atoms with Crippen LogP contribution in [0, 0.1) is 0 Å². The molecule has 2 heterocycles. The van der Waals surface area contributed by atoms with Gasteiger partial charge in [-0.1, -0.05) is 0 Å². The zero-order valence-electron chi connectivity index (χ0n) is 13.1. The van der Waals surface area contributed by atoms with Gasteiger partial charge >= 0.3 is 6.18 Å². The standard InChI is InChI=1S/C14H19F3N4O3/c1-18-13(19-9-11(22)14(15,16)17)21-6-4-20(5-7-21)12(23)10-3-2-8-24-10/h2-3,8,11,22H,4-7,9H2,1H3,(H,18,19). The molecule has 10 heteroatoms. The highest BCUT2D eigenvalue weighted by molar-refractivity contribution is 5.91. The third-order valence-electron chi connectivity index (χ3n) is 3.64. The topological polar surface area (TPSA) is 81.3 Å². The highest BCUT2D eigenvalue weighted by Gasteiger charge is 2.38. The lowest BCUT2D eigenvalue weighted by molar-refractivity contribution is -0.201. The summed E-state index contributed by atoms with van der Waals surface area (Å²) in [5.74, 6) is 0.276. The van der Waals surface area contributed by atoms with Crippen LogP contribution >= 0.6 is 0 Å². The third-order valence-corrected chi connectivity index (χ3v) is 3.64. The number of nitrogens with zero attached hydrogens (tertiary/aromatic N) is 3. The van der Waals surface area contributed by atoms with Crippen LogP contribution in [0.3, 0.4) is 0 Å². The van der Waals surface area contributed by atoms with E-state index in [2.05, 4.69) is 10.3 Å². The maximum Gasteiger partial charge on any atom is 0.416 e. The highest BCUT2D eigenvalue weighted by atomic mass is 19.4. The van der Waals surface area contributed by atoms with Gasteiger partial charge in [-0.15, -0.1) is 0 Å². The van der Waals surface area contributed by atoms with E-state index in [0.717, 1.165) is 0 Å². The van der Waals surface area contributed by atoms with E-state index in [0.29, 0.717) is 26.2 Å². The number of carbonyl (C=O) groups is 1. The average molecular weight is 348 g/mol. The SMILES string of the molecule is CN=C(NCC(O)C(F)(F)F)N1CCN(C(=O)c2ccco2)CC1. The summed E-state index contributed by atoms with van der Waals surface area (Å²) >= 11 is 0. The van der Waals surface area contributed by atoms with Gasteiger partial charge in [0, 0.05) is 33.2 Å². The first kappa shape index (κ1) is 18.1. The summed E-state index contributed by atoms with van der Waals surface area (Å²) in [6.07, 6.45) is -5.72. The normalized spacial score (nSPS) is 17.8. The van der Waals surface area contributed by atoms with Crippen LogP contribution in [-0.4, -0.2) is 78.8 Å². The number of carbonyl (C=O) groups excluding carboxylic acids is 1. The number of hydrogen-bond donors (Lipinski definition) is 2. The molecule has 134 valence electrons. The monoisotopic (exact) mass is 348 g/mol. The molecule has 2 N–H and O–H groups in total. The van der Waals surface area contributed by atoms with E-state index < -0.39 is 18.8 Å². The Kier molecular flexibility index (Phi) is 5.71. The number of furan rings is 1. The van der Waals surface area contributed by atoms with Crippen LogP contribution < -0.4 is 5.32 Å². The molecule has 1 aromatic heterocycles. The number of piperazine rings is 1. The van der Waals surface area contributed by atoms with Crippen molar-refractivity contribution in [2.75, 3.05) is 39.8 Å². The van der Waals surface area contributed by atoms with Gasteiger partial charge < -0.3 is 24.6 Å². The van der Waals surface area contributed by atoms with Crippen LogP contribution in [0.5, 0.6) is 0 Å². The second-order valence-electron chi connectivity index (χ2n) is 5.24. The van der Waals surface area contributed by atoms with Gasteiger partial charge in [0.15, 0.2) is 17.8 Å². The Balaban J connectivity index is 1.85. The molecule has 7 nitrogen and oxygen atoms in total. The van der Waals surface area contributed by atoms with Gasteiger partial charge in [-0.3, -0.25) is 9.79 Å². The fraction of sp³-hybridized carbons (Fsp3) is 0.571. The Morgan fingerprint density at radius 3 is 2.50 bits per heavy atom. The molecule has 0 spiro atoms. The van der Waals surface area contributed by atoms with Crippen LogP contribution in [0.1, 0.15) is 10.6 Å². The summed E-state index contributed by atoms with van der Waals surface area (Å²) in [5, 5.41) is 11.5. The zero-order valence-corrected chi connectivity index (χ0v) is 13.1. The molecule has 0 radical (unpaired) electrons. The lowest BCUT2D eigenvalue weighted by Crippen LogP contribution is -2.55. The lowest BCUT2D eigenvalue weighted by Gasteiger charge is -2.36. The lowest BCUT2D eigenvalue weighted by atomic mass is 10.3. The highest BCUT2D eigenvalue weighted by Crippen LogP contribution is 2.19. The van der Waals surface area contributed by atoms with E-state index in [-0.39, 0.29) is 17.6 Å².